The number of carbonyl (C=O) groups excluding carboxylic acids is 2. The Morgan fingerprint density at radius 2 is 0.652 bits per heavy atom. The van der Waals surface area contributed by atoms with Gasteiger partial charge in [-0.15, -0.1) is 0 Å². The monoisotopic (exact) mass is 921 g/mol. The summed E-state index contributed by atoms with van der Waals surface area (Å²) < 4.78 is 10.7. The van der Waals surface area contributed by atoms with Gasteiger partial charge in [0.1, 0.15) is 6.61 Å². The molecule has 0 aromatic heterocycles. The molecule has 382 valence electrons. The summed E-state index contributed by atoms with van der Waals surface area (Å²) in [5.41, 5.74) is 0. The van der Waals surface area contributed by atoms with Crippen molar-refractivity contribution in [2.24, 2.45) is 0 Å². The summed E-state index contributed by atoms with van der Waals surface area (Å²) in [6, 6.07) is 0. The van der Waals surface area contributed by atoms with Crippen LogP contribution in [0.15, 0.2) is 72.9 Å². The Labute approximate surface area is 410 Å². The van der Waals surface area contributed by atoms with Crippen LogP contribution in [0, 0.1) is 0 Å². The molecular weight excluding hydrogens is 813 g/mol. The van der Waals surface area contributed by atoms with Crippen molar-refractivity contribution < 1.29 is 24.2 Å². The molecule has 66 heavy (non-hydrogen) atoms. The maximum Gasteiger partial charge on any atom is 0.306 e. The standard InChI is InChI=1S/C61H108O5/c1-3-5-7-9-11-13-15-17-19-21-23-25-27-28-29-30-31-32-34-36-38-40-42-44-46-48-50-52-54-56-61(64)66-59(57-62)58-65-60(63)55-53-51-49-47-45-43-41-39-37-35-33-26-24-22-20-18-16-14-12-10-8-6-4-2/h5,7,11,13,16-19,22-25,59,62H,3-4,6,8-10,12,14-15,20-21,26-58H2,1-2H3/b7-5-,13-11-,18-16-,19-17-,24-22-,25-23-. The number of esters is 2. The zero-order valence-electron chi connectivity index (χ0n) is 43.7. The third-order valence-electron chi connectivity index (χ3n) is 12.5. The number of hydrogen-bond donors (Lipinski definition) is 1. The normalized spacial score (nSPS) is 12.7. The van der Waals surface area contributed by atoms with Crippen LogP contribution in [0.4, 0.5) is 0 Å². The van der Waals surface area contributed by atoms with E-state index in [1.807, 2.05) is 0 Å². The highest BCUT2D eigenvalue weighted by Crippen LogP contribution is 2.16. The summed E-state index contributed by atoms with van der Waals surface area (Å²) in [7, 11) is 0. The van der Waals surface area contributed by atoms with Gasteiger partial charge in [0.2, 0.25) is 0 Å². The lowest BCUT2D eigenvalue weighted by Gasteiger charge is -2.15. The van der Waals surface area contributed by atoms with Crippen molar-refractivity contribution in [3.63, 3.8) is 0 Å². The summed E-state index contributed by atoms with van der Waals surface area (Å²) in [4.78, 5) is 24.5. The van der Waals surface area contributed by atoms with Crippen LogP contribution in [0.1, 0.15) is 284 Å². The van der Waals surface area contributed by atoms with E-state index in [0.717, 1.165) is 70.6 Å². The van der Waals surface area contributed by atoms with Crippen molar-refractivity contribution in [2.75, 3.05) is 13.2 Å². The molecule has 1 unspecified atom stereocenters. The van der Waals surface area contributed by atoms with E-state index in [4.69, 9.17) is 9.47 Å². The van der Waals surface area contributed by atoms with E-state index in [2.05, 4.69) is 86.8 Å². The molecule has 0 aliphatic carbocycles. The maximum absolute atomic E-state index is 12.3. The Morgan fingerprint density at radius 3 is 0.985 bits per heavy atom. The number of rotatable bonds is 52. The van der Waals surface area contributed by atoms with E-state index >= 15 is 0 Å². The van der Waals surface area contributed by atoms with Gasteiger partial charge < -0.3 is 14.6 Å². The molecule has 0 aliphatic rings. The predicted octanol–water partition coefficient (Wildman–Crippen LogP) is 19.2. The van der Waals surface area contributed by atoms with E-state index < -0.39 is 6.10 Å². The number of allylic oxidation sites excluding steroid dienone is 12. The molecule has 0 aliphatic heterocycles. The molecule has 0 saturated carbocycles. The van der Waals surface area contributed by atoms with Crippen LogP contribution in [-0.4, -0.2) is 36.4 Å². The molecule has 0 spiro atoms. The van der Waals surface area contributed by atoms with Crippen molar-refractivity contribution >= 4 is 11.9 Å². The van der Waals surface area contributed by atoms with Crippen molar-refractivity contribution in [2.45, 2.75) is 290 Å². The third-order valence-corrected chi connectivity index (χ3v) is 12.5. The minimum Gasteiger partial charge on any atom is -0.462 e. The summed E-state index contributed by atoms with van der Waals surface area (Å²) >= 11 is 0. The first-order valence-corrected chi connectivity index (χ1v) is 28.5. The first-order valence-electron chi connectivity index (χ1n) is 28.5. The Bertz CT molecular complexity index is 1180. The average molecular weight is 922 g/mol. The van der Waals surface area contributed by atoms with Gasteiger partial charge in [-0.25, -0.2) is 0 Å². The second kappa shape index (κ2) is 56.7. The first kappa shape index (κ1) is 63.3. The van der Waals surface area contributed by atoms with E-state index in [0.29, 0.717) is 12.8 Å². The smallest absolute Gasteiger partial charge is 0.306 e. The fraction of sp³-hybridized carbons (Fsp3) is 0.770. The summed E-state index contributed by atoms with van der Waals surface area (Å²) in [5.74, 6) is -0.584. The van der Waals surface area contributed by atoms with Crippen LogP contribution < -0.4 is 0 Å². The van der Waals surface area contributed by atoms with E-state index in [9.17, 15) is 14.7 Å². The largest absolute Gasteiger partial charge is 0.462 e. The Morgan fingerprint density at radius 1 is 0.364 bits per heavy atom. The van der Waals surface area contributed by atoms with Gasteiger partial charge in [-0.2, -0.15) is 0 Å². The molecule has 0 fully saturated rings. The third kappa shape index (κ3) is 54.0. The topological polar surface area (TPSA) is 72.8 Å². The van der Waals surface area contributed by atoms with Gasteiger partial charge in [-0.05, 0) is 83.5 Å². The molecule has 5 nitrogen and oxygen atoms in total. The van der Waals surface area contributed by atoms with E-state index in [1.54, 1.807) is 0 Å². The molecule has 0 amide bonds. The first-order chi connectivity index (χ1) is 32.6. The zero-order valence-corrected chi connectivity index (χ0v) is 43.7. The number of ether oxygens (including phenoxy) is 2. The molecule has 0 aromatic carbocycles. The highest BCUT2D eigenvalue weighted by atomic mass is 16.6. The number of carbonyl (C=O) groups is 2. The van der Waals surface area contributed by atoms with Crippen LogP contribution in [-0.2, 0) is 19.1 Å². The minimum atomic E-state index is -0.775. The number of aliphatic hydroxyl groups is 1. The van der Waals surface area contributed by atoms with Gasteiger partial charge in [0.25, 0.3) is 0 Å². The quantitative estimate of drug-likeness (QED) is 0.0374. The van der Waals surface area contributed by atoms with Crippen molar-refractivity contribution in [1.29, 1.82) is 0 Å². The molecule has 1 N–H and O–H groups in total. The van der Waals surface area contributed by atoms with E-state index in [1.165, 1.54) is 186 Å². The van der Waals surface area contributed by atoms with Crippen LogP contribution in [0.25, 0.3) is 0 Å². The molecule has 0 rings (SSSR count). The molecular formula is C61H108O5. The SMILES string of the molecule is CC/C=C\C/C=C\C/C=C\C/C=C\CCCCCCCCCCCCCCCCCCC(=O)OC(CO)COC(=O)CCCCCCCCCCCCC/C=C\C/C=C\CCCCCCC. The van der Waals surface area contributed by atoms with Crippen LogP contribution in [0.2, 0.25) is 0 Å². The molecule has 5 heteroatoms. The summed E-state index contributed by atoms with van der Waals surface area (Å²) in [6.07, 6.45) is 77.3. The maximum atomic E-state index is 12.3. The van der Waals surface area contributed by atoms with Gasteiger partial charge >= 0.3 is 11.9 Å². The lowest BCUT2D eigenvalue weighted by Crippen LogP contribution is -2.28. The lowest BCUT2D eigenvalue weighted by atomic mass is 10.0. The Hall–Kier alpha value is -2.66. The number of unbranched alkanes of at least 4 members (excludes halogenated alkanes) is 32. The highest BCUT2D eigenvalue weighted by Gasteiger charge is 2.16. The van der Waals surface area contributed by atoms with Crippen LogP contribution >= 0.6 is 0 Å². The van der Waals surface area contributed by atoms with Gasteiger partial charge in [0, 0.05) is 12.8 Å². The minimum absolute atomic E-state index is 0.0665. The fourth-order valence-electron chi connectivity index (χ4n) is 8.23. The van der Waals surface area contributed by atoms with Crippen molar-refractivity contribution in [3.8, 4) is 0 Å². The predicted molar refractivity (Wildman–Crippen MR) is 288 cm³/mol. The van der Waals surface area contributed by atoms with Crippen molar-refractivity contribution in [3.05, 3.63) is 72.9 Å². The Kier molecular flexibility index (Phi) is 54.4. The molecule has 0 saturated heterocycles. The number of aliphatic hydroxyl groups excluding tert-OH is 1. The van der Waals surface area contributed by atoms with Gasteiger partial charge in [-0.1, -0.05) is 260 Å². The second-order valence-corrected chi connectivity index (χ2v) is 19.0. The van der Waals surface area contributed by atoms with E-state index in [-0.39, 0.29) is 25.2 Å². The van der Waals surface area contributed by atoms with Gasteiger partial charge in [-0.3, -0.25) is 9.59 Å². The fourth-order valence-corrected chi connectivity index (χ4v) is 8.23. The van der Waals surface area contributed by atoms with Gasteiger partial charge in [0.05, 0.1) is 6.61 Å². The number of hydrogen-bond acceptors (Lipinski definition) is 5. The molecule has 0 heterocycles. The lowest BCUT2D eigenvalue weighted by molar-refractivity contribution is -0.161. The molecule has 0 aromatic rings. The van der Waals surface area contributed by atoms with Crippen LogP contribution in [0.5, 0.6) is 0 Å². The molecule has 0 radical (unpaired) electrons. The Balaban J connectivity index is 3.47. The summed E-state index contributed by atoms with van der Waals surface area (Å²) in [6.45, 7) is 4.04. The zero-order chi connectivity index (χ0) is 47.7. The summed E-state index contributed by atoms with van der Waals surface area (Å²) in [5, 5.41) is 9.66. The van der Waals surface area contributed by atoms with Crippen molar-refractivity contribution in [1.82, 2.24) is 0 Å². The average Bonchev–Trinajstić information content (AvgIpc) is 3.32. The molecule has 0 bridgehead atoms. The van der Waals surface area contributed by atoms with Crippen LogP contribution in [0.3, 0.4) is 0 Å². The molecule has 1 atom stereocenters. The van der Waals surface area contributed by atoms with Gasteiger partial charge in [0.15, 0.2) is 6.10 Å². The second-order valence-electron chi connectivity index (χ2n) is 19.0. The highest BCUT2D eigenvalue weighted by molar-refractivity contribution is 5.70.